The molecular formula is C16H23ClN2OS. The summed E-state index contributed by atoms with van der Waals surface area (Å²) in [6.45, 7) is 0.750. The number of thioether (sulfide) groups is 1. The van der Waals surface area contributed by atoms with E-state index in [2.05, 4.69) is 11.4 Å². The van der Waals surface area contributed by atoms with Crippen molar-refractivity contribution >= 4 is 29.3 Å². The first-order chi connectivity index (χ1) is 10.2. The Morgan fingerprint density at radius 1 is 1.38 bits per heavy atom. The smallest absolute Gasteiger partial charge is 0.223 e. The van der Waals surface area contributed by atoms with E-state index in [1.165, 1.54) is 5.56 Å². The van der Waals surface area contributed by atoms with Gasteiger partial charge < -0.3 is 11.1 Å². The van der Waals surface area contributed by atoms with Gasteiger partial charge in [0.15, 0.2) is 0 Å². The average molecular weight is 327 g/mol. The van der Waals surface area contributed by atoms with Gasteiger partial charge in [0.1, 0.15) is 0 Å². The van der Waals surface area contributed by atoms with Gasteiger partial charge in [0.2, 0.25) is 5.91 Å². The first-order valence-corrected chi connectivity index (χ1v) is 9.04. The van der Waals surface area contributed by atoms with Gasteiger partial charge in [0, 0.05) is 29.3 Å². The Morgan fingerprint density at radius 2 is 2.19 bits per heavy atom. The second-order valence-corrected chi connectivity index (χ2v) is 7.07. The summed E-state index contributed by atoms with van der Waals surface area (Å²) in [4.78, 5) is 11.9. The standard InChI is InChI=1S/C16H23ClN2OS/c17-15-5-2-1-4-13(15)11-21-9-3-8-19-16(20)12-6-7-14(18)10-12/h1-2,4-5,12,14H,3,6-11,18H2,(H,19,20)/t12-,14+/m1/s1. The van der Waals surface area contributed by atoms with Crippen LogP contribution >= 0.6 is 23.4 Å². The van der Waals surface area contributed by atoms with Crippen molar-refractivity contribution in [3.05, 3.63) is 34.9 Å². The number of halogens is 1. The number of hydrogen-bond acceptors (Lipinski definition) is 3. The van der Waals surface area contributed by atoms with Gasteiger partial charge in [-0.1, -0.05) is 29.8 Å². The predicted octanol–water partition coefficient (Wildman–Crippen LogP) is 3.21. The Balaban J connectivity index is 1.54. The monoisotopic (exact) mass is 326 g/mol. The molecule has 0 aliphatic heterocycles. The van der Waals surface area contributed by atoms with Crippen molar-refractivity contribution in [3.8, 4) is 0 Å². The molecule has 1 aromatic rings. The molecule has 0 radical (unpaired) electrons. The fourth-order valence-corrected chi connectivity index (χ4v) is 3.83. The Labute approximate surface area is 136 Å². The van der Waals surface area contributed by atoms with E-state index >= 15 is 0 Å². The largest absolute Gasteiger partial charge is 0.356 e. The van der Waals surface area contributed by atoms with Gasteiger partial charge in [-0.05, 0) is 43.1 Å². The predicted molar refractivity (Wildman–Crippen MR) is 90.6 cm³/mol. The third-order valence-electron chi connectivity index (χ3n) is 3.82. The zero-order chi connectivity index (χ0) is 15.1. The number of nitrogens with two attached hydrogens (primary N) is 1. The fourth-order valence-electron chi connectivity index (χ4n) is 2.58. The van der Waals surface area contributed by atoms with Crippen LogP contribution in [-0.4, -0.2) is 24.2 Å². The summed E-state index contributed by atoms with van der Waals surface area (Å²) < 4.78 is 0. The normalized spacial score (nSPS) is 21.4. The minimum Gasteiger partial charge on any atom is -0.356 e. The summed E-state index contributed by atoms with van der Waals surface area (Å²) in [7, 11) is 0. The molecule has 3 nitrogen and oxygen atoms in total. The van der Waals surface area contributed by atoms with E-state index in [4.69, 9.17) is 17.3 Å². The molecule has 1 saturated carbocycles. The number of nitrogens with one attached hydrogen (secondary N) is 1. The number of carbonyl (C=O) groups is 1. The van der Waals surface area contributed by atoms with Crippen LogP contribution in [0, 0.1) is 5.92 Å². The van der Waals surface area contributed by atoms with Crippen molar-refractivity contribution in [2.45, 2.75) is 37.5 Å². The second kappa shape index (κ2) is 8.66. The molecule has 0 heterocycles. The van der Waals surface area contributed by atoms with Gasteiger partial charge in [-0.2, -0.15) is 11.8 Å². The molecular weight excluding hydrogens is 304 g/mol. The highest BCUT2D eigenvalue weighted by Crippen LogP contribution is 2.24. The van der Waals surface area contributed by atoms with Gasteiger partial charge in [-0.15, -0.1) is 0 Å². The molecule has 0 saturated heterocycles. The molecule has 1 aromatic carbocycles. The zero-order valence-electron chi connectivity index (χ0n) is 12.2. The summed E-state index contributed by atoms with van der Waals surface area (Å²) in [6.07, 6.45) is 3.74. The fraction of sp³-hybridized carbons (Fsp3) is 0.562. The molecule has 116 valence electrons. The topological polar surface area (TPSA) is 55.1 Å². The molecule has 1 aliphatic rings. The highest BCUT2D eigenvalue weighted by Gasteiger charge is 2.27. The van der Waals surface area contributed by atoms with E-state index in [9.17, 15) is 4.79 Å². The zero-order valence-corrected chi connectivity index (χ0v) is 13.8. The maximum atomic E-state index is 11.9. The van der Waals surface area contributed by atoms with Crippen molar-refractivity contribution in [2.75, 3.05) is 12.3 Å². The summed E-state index contributed by atoms with van der Waals surface area (Å²) in [5.41, 5.74) is 7.00. The Hall–Kier alpha value is -0.710. The molecule has 5 heteroatoms. The maximum Gasteiger partial charge on any atom is 0.223 e. The van der Waals surface area contributed by atoms with E-state index in [0.717, 1.165) is 48.8 Å². The van der Waals surface area contributed by atoms with Crippen molar-refractivity contribution in [1.29, 1.82) is 0 Å². The van der Waals surface area contributed by atoms with E-state index in [1.54, 1.807) is 0 Å². The van der Waals surface area contributed by atoms with Crippen molar-refractivity contribution in [2.24, 2.45) is 11.7 Å². The summed E-state index contributed by atoms with van der Waals surface area (Å²) in [5.74, 6) is 2.26. The number of benzene rings is 1. The molecule has 1 aliphatic carbocycles. The molecule has 0 unspecified atom stereocenters. The summed E-state index contributed by atoms with van der Waals surface area (Å²) in [5, 5.41) is 3.85. The van der Waals surface area contributed by atoms with Gasteiger partial charge in [0.05, 0.1) is 0 Å². The van der Waals surface area contributed by atoms with E-state index in [1.807, 2.05) is 30.0 Å². The Kier molecular flexibility index (Phi) is 6.87. The van der Waals surface area contributed by atoms with Gasteiger partial charge in [-0.3, -0.25) is 4.79 Å². The van der Waals surface area contributed by atoms with Gasteiger partial charge in [0.25, 0.3) is 0 Å². The van der Waals surface area contributed by atoms with Crippen LogP contribution in [0.2, 0.25) is 5.02 Å². The van der Waals surface area contributed by atoms with Crippen LogP contribution in [0.25, 0.3) is 0 Å². The molecule has 2 rings (SSSR count). The van der Waals surface area contributed by atoms with Crippen LogP contribution < -0.4 is 11.1 Å². The lowest BCUT2D eigenvalue weighted by molar-refractivity contribution is -0.124. The SMILES string of the molecule is N[C@H]1CC[C@@H](C(=O)NCCCSCc2ccccc2Cl)C1. The molecule has 3 N–H and O–H groups in total. The quantitative estimate of drug-likeness (QED) is 0.756. The first kappa shape index (κ1) is 16.7. The van der Waals surface area contributed by atoms with Crippen molar-refractivity contribution in [1.82, 2.24) is 5.32 Å². The van der Waals surface area contributed by atoms with Crippen molar-refractivity contribution in [3.63, 3.8) is 0 Å². The third kappa shape index (κ3) is 5.53. The van der Waals surface area contributed by atoms with Crippen LogP contribution in [0.15, 0.2) is 24.3 Å². The number of carbonyl (C=O) groups excluding carboxylic acids is 1. The maximum absolute atomic E-state index is 11.9. The van der Waals surface area contributed by atoms with Crippen LogP contribution in [0.1, 0.15) is 31.2 Å². The summed E-state index contributed by atoms with van der Waals surface area (Å²) in [6, 6.07) is 8.14. The minimum absolute atomic E-state index is 0.135. The number of hydrogen-bond donors (Lipinski definition) is 2. The highest BCUT2D eigenvalue weighted by atomic mass is 35.5. The lowest BCUT2D eigenvalue weighted by atomic mass is 10.1. The van der Waals surface area contributed by atoms with Crippen LogP contribution in [0.3, 0.4) is 0 Å². The molecule has 1 fully saturated rings. The Bertz CT molecular complexity index is 469. The van der Waals surface area contributed by atoms with Gasteiger partial charge >= 0.3 is 0 Å². The molecule has 0 aromatic heterocycles. The third-order valence-corrected chi connectivity index (χ3v) is 5.29. The van der Waals surface area contributed by atoms with E-state index in [-0.39, 0.29) is 17.9 Å². The molecule has 1 amide bonds. The number of amides is 1. The second-order valence-electron chi connectivity index (χ2n) is 5.56. The average Bonchev–Trinajstić information content (AvgIpc) is 2.91. The van der Waals surface area contributed by atoms with Crippen molar-refractivity contribution < 1.29 is 4.79 Å². The first-order valence-electron chi connectivity index (χ1n) is 7.51. The minimum atomic E-state index is 0.135. The van der Waals surface area contributed by atoms with Crippen LogP contribution in [0.5, 0.6) is 0 Å². The van der Waals surface area contributed by atoms with E-state index < -0.39 is 0 Å². The summed E-state index contributed by atoms with van der Waals surface area (Å²) >= 11 is 7.96. The van der Waals surface area contributed by atoms with Crippen LogP contribution in [-0.2, 0) is 10.5 Å². The van der Waals surface area contributed by atoms with Crippen LogP contribution in [0.4, 0.5) is 0 Å². The molecule has 2 atom stereocenters. The highest BCUT2D eigenvalue weighted by molar-refractivity contribution is 7.98. The number of rotatable bonds is 7. The van der Waals surface area contributed by atoms with E-state index in [0.29, 0.717) is 0 Å². The Morgan fingerprint density at radius 3 is 2.90 bits per heavy atom. The lowest BCUT2D eigenvalue weighted by Gasteiger charge is -2.10. The molecule has 21 heavy (non-hydrogen) atoms. The molecule has 0 bridgehead atoms. The molecule has 0 spiro atoms. The lowest BCUT2D eigenvalue weighted by Crippen LogP contribution is -2.31. The van der Waals surface area contributed by atoms with Gasteiger partial charge in [-0.25, -0.2) is 0 Å².